The molecule has 28 heavy (non-hydrogen) atoms. The zero-order chi connectivity index (χ0) is 19.3. The van der Waals surface area contributed by atoms with Crippen LogP contribution in [0.2, 0.25) is 0 Å². The summed E-state index contributed by atoms with van der Waals surface area (Å²) < 4.78 is 5.97. The second-order valence-corrected chi connectivity index (χ2v) is 8.00. The number of nitrogens with zero attached hydrogens (tertiary/aromatic N) is 3. The Hall–Kier alpha value is -2.69. The largest absolute Gasteiger partial charge is 0.365 e. The van der Waals surface area contributed by atoms with Gasteiger partial charge in [-0.2, -0.15) is 5.26 Å². The van der Waals surface area contributed by atoms with Gasteiger partial charge in [0.1, 0.15) is 6.07 Å². The van der Waals surface area contributed by atoms with E-state index in [1.54, 1.807) is 12.3 Å². The van der Waals surface area contributed by atoms with E-state index in [1.165, 1.54) is 0 Å². The van der Waals surface area contributed by atoms with Crippen molar-refractivity contribution < 1.29 is 9.53 Å². The molecule has 1 aliphatic carbocycles. The number of hydrogen-bond acceptors (Lipinski definition) is 6. The first kappa shape index (κ1) is 17.4. The first-order valence-electron chi connectivity index (χ1n) is 9.85. The maximum Gasteiger partial charge on any atom is 0.251 e. The van der Waals surface area contributed by atoms with Gasteiger partial charge in [0.05, 0.1) is 23.7 Å². The summed E-state index contributed by atoms with van der Waals surface area (Å²) in [5, 5.41) is 16.8. The molecule has 3 fully saturated rings. The van der Waals surface area contributed by atoms with Gasteiger partial charge in [0.15, 0.2) is 6.10 Å². The molecular weight excluding hydrogens is 354 g/mol. The van der Waals surface area contributed by atoms with Gasteiger partial charge in [-0.1, -0.05) is 0 Å². The fourth-order valence-corrected chi connectivity index (χ4v) is 4.71. The Morgan fingerprint density at radius 2 is 2.14 bits per heavy atom. The van der Waals surface area contributed by atoms with Crippen molar-refractivity contribution in [3.8, 4) is 6.07 Å². The molecule has 1 aromatic heterocycles. The summed E-state index contributed by atoms with van der Waals surface area (Å²) >= 11 is 0. The van der Waals surface area contributed by atoms with Crippen LogP contribution in [0.5, 0.6) is 0 Å². The van der Waals surface area contributed by atoms with E-state index in [4.69, 9.17) is 4.74 Å². The number of rotatable bonds is 3. The minimum Gasteiger partial charge on any atom is -0.365 e. The third-order valence-electron chi connectivity index (χ3n) is 6.16. The van der Waals surface area contributed by atoms with Crippen molar-refractivity contribution in [1.29, 1.82) is 5.26 Å². The van der Waals surface area contributed by atoms with Crippen LogP contribution in [0.15, 0.2) is 30.5 Å². The van der Waals surface area contributed by atoms with Crippen molar-refractivity contribution in [2.24, 2.45) is 11.8 Å². The Bertz CT molecular complexity index is 961. The number of anilines is 1. The van der Waals surface area contributed by atoms with Crippen molar-refractivity contribution in [1.82, 2.24) is 15.6 Å². The first-order chi connectivity index (χ1) is 13.7. The number of hydrogen-bond donors (Lipinski definition) is 2. The minimum atomic E-state index is -0.500. The van der Waals surface area contributed by atoms with E-state index in [0.29, 0.717) is 42.0 Å². The van der Waals surface area contributed by atoms with E-state index in [0.717, 1.165) is 24.2 Å². The Labute approximate surface area is 163 Å². The van der Waals surface area contributed by atoms with Gasteiger partial charge >= 0.3 is 0 Å². The number of nitrogens with one attached hydrogen (secondary N) is 2. The predicted octanol–water partition coefficient (Wildman–Crippen LogP) is 1.03. The molecule has 3 heterocycles. The SMILES string of the molecule is CC1CN(c2ccc(C#N)c3ncccc23)CC(C(=O)NC2C3CNCC32)O1. The topological polar surface area (TPSA) is 90.3 Å². The molecule has 1 aromatic carbocycles. The smallest absolute Gasteiger partial charge is 0.251 e. The average Bonchev–Trinajstić information content (AvgIpc) is 3.12. The van der Waals surface area contributed by atoms with Crippen LogP contribution in [-0.2, 0) is 9.53 Å². The standard InChI is InChI=1S/C21H23N5O2/c1-12-10-26(17-5-4-13(7-22)19-14(17)3-2-6-24-19)11-18(28-12)21(27)25-20-15-8-23-9-16(15)20/h2-6,12,15-16,18,20,23H,8-11H2,1H3,(H,25,27). The molecule has 144 valence electrons. The quantitative estimate of drug-likeness (QED) is 0.831. The van der Waals surface area contributed by atoms with Crippen LogP contribution in [0.1, 0.15) is 12.5 Å². The maximum absolute atomic E-state index is 12.8. The molecule has 7 heteroatoms. The number of pyridine rings is 1. The summed E-state index contributed by atoms with van der Waals surface area (Å²) in [5.41, 5.74) is 2.24. The minimum absolute atomic E-state index is 0.0213. The highest BCUT2D eigenvalue weighted by atomic mass is 16.5. The molecule has 2 N–H and O–H groups in total. The highest BCUT2D eigenvalue weighted by Crippen LogP contribution is 2.41. The van der Waals surface area contributed by atoms with Gasteiger partial charge < -0.3 is 20.3 Å². The summed E-state index contributed by atoms with van der Waals surface area (Å²) in [5.74, 6) is 1.14. The molecule has 2 aliphatic heterocycles. The van der Waals surface area contributed by atoms with Crippen molar-refractivity contribution in [2.75, 3.05) is 31.1 Å². The van der Waals surface area contributed by atoms with Crippen LogP contribution in [0.4, 0.5) is 5.69 Å². The lowest BCUT2D eigenvalue weighted by molar-refractivity contribution is -0.137. The number of carbonyl (C=O) groups excluding carboxylic acids is 1. The van der Waals surface area contributed by atoms with E-state index < -0.39 is 6.10 Å². The first-order valence-corrected chi connectivity index (χ1v) is 9.85. The molecule has 2 aromatic rings. The third-order valence-corrected chi connectivity index (χ3v) is 6.16. The normalized spacial score (nSPS) is 31.3. The van der Waals surface area contributed by atoms with Gasteiger partial charge in [-0.15, -0.1) is 0 Å². The molecule has 5 rings (SSSR count). The van der Waals surface area contributed by atoms with Gasteiger partial charge in [0, 0.05) is 42.9 Å². The van der Waals surface area contributed by atoms with E-state index in [2.05, 4.69) is 26.6 Å². The van der Waals surface area contributed by atoms with Gasteiger partial charge in [-0.25, -0.2) is 0 Å². The van der Waals surface area contributed by atoms with Crippen molar-refractivity contribution in [3.05, 3.63) is 36.0 Å². The van der Waals surface area contributed by atoms with Crippen molar-refractivity contribution >= 4 is 22.5 Å². The molecule has 0 bridgehead atoms. The molecule has 3 aliphatic rings. The van der Waals surface area contributed by atoms with Crippen LogP contribution in [0.3, 0.4) is 0 Å². The van der Waals surface area contributed by atoms with Gasteiger partial charge in [0.25, 0.3) is 5.91 Å². The number of fused-ring (bicyclic) bond motifs is 2. The average molecular weight is 377 g/mol. The Morgan fingerprint density at radius 3 is 2.93 bits per heavy atom. The van der Waals surface area contributed by atoms with Crippen LogP contribution in [-0.4, -0.2) is 55.3 Å². The molecule has 0 spiro atoms. The number of nitriles is 1. The lowest BCUT2D eigenvalue weighted by Crippen LogP contribution is -2.53. The molecule has 2 saturated heterocycles. The molecular formula is C21H23N5O2. The summed E-state index contributed by atoms with van der Waals surface area (Å²) in [6, 6.07) is 10.1. The highest BCUT2D eigenvalue weighted by Gasteiger charge is 2.54. The van der Waals surface area contributed by atoms with Crippen molar-refractivity contribution in [2.45, 2.75) is 25.2 Å². The fraction of sp³-hybridized carbons (Fsp3) is 0.476. The van der Waals surface area contributed by atoms with Gasteiger partial charge in [-0.05, 0) is 43.0 Å². The number of carbonyl (C=O) groups is 1. The Balaban J connectivity index is 1.38. The number of piperidine rings is 1. The van der Waals surface area contributed by atoms with E-state index in [9.17, 15) is 10.1 Å². The summed E-state index contributed by atoms with van der Waals surface area (Å²) in [6.45, 7) is 5.17. The number of ether oxygens (including phenoxy) is 1. The maximum atomic E-state index is 12.8. The molecule has 4 unspecified atom stereocenters. The van der Waals surface area contributed by atoms with Crippen LogP contribution in [0.25, 0.3) is 10.9 Å². The molecule has 0 radical (unpaired) electrons. The zero-order valence-electron chi connectivity index (χ0n) is 15.8. The van der Waals surface area contributed by atoms with Crippen LogP contribution < -0.4 is 15.5 Å². The predicted molar refractivity (Wildman–Crippen MR) is 105 cm³/mol. The lowest BCUT2D eigenvalue weighted by atomic mass is 10.1. The molecule has 7 nitrogen and oxygen atoms in total. The second-order valence-electron chi connectivity index (χ2n) is 8.00. The Kier molecular flexibility index (Phi) is 4.18. The lowest BCUT2D eigenvalue weighted by Gasteiger charge is -2.38. The molecule has 4 atom stereocenters. The zero-order valence-corrected chi connectivity index (χ0v) is 15.8. The number of aromatic nitrogens is 1. The summed E-state index contributed by atoms with van der Waals surface area (Å²) in [4.78, 5) is 19.4. The van der Waals surface area contributed by atoms with E-state index in [1.807, 2.05) is 25.1 Å². The van der Waals surface area contributed by atoms with Crippen LogP contribution in [0, 0.1) is 23.2 Å². The number of benzene rings is 1. The van der Waals surface area contributed by atoms with Crippen LogP contribution >= 0.6 is 0 Å². The number of amides is 1. The monoisotopic (exact) mass is 377 g/mol. The van der Waals surface area contributed by atoms with Gasteiger partial charge in [-0.3, -0.25) is 9.78 Å². The summed E-state index contributed by atoms with van der Waals surface area (Å²) in [7, 11) is 0. The summed E-state index contributed by atoms with van der Waals surface area (Å²) in [6.07, 6.45) is 1.14. The van der Waals surface area contributed by atoms with E-state index >= 15 is 0 Å². The highest BCUT2D eigenvalue weighted by molar-refractivity contribution is 5.95. The second kappa shape index (κ2) is 6.73. The van der Waals surface area contributed by atoms with Gasteiger partial charge in [0.2, 0.25) is 0 Å². The molecule has 1 saturated carbocycles. The van der Waals surface area contributed by atoms with Crippen molar-refractivity contribution in [3.63, 3.8) is 0 Å². The Morgan fingerprint density at radius 1 is 1.32 bits per heavy atom. The van der Waals surface area contributed by atoms with E-state index in [-0.39, 0.29) is 12.0 Å². The number of morpholine rings is 1. The third kappa shape index (κ3) is 2.89. The molecule has 1 amide bonds. The fourth-order valence-electron chi connectivity index (χ4n) is 4.71.